The van der Waals surface area contributed by atoms with Crippen molar-refractivity contribution in [2.45, 2.75) is 26.7 Å². The predicted octanol–water partition coefficient (Wildman–Crippen LogP) is 0.403. The van der Waals surface area contributed by atoms with E-state index in [1.165, 1.54) is 0 Å². The van der Waals surface area contributed by atoms with E-state index >= 15 is 0 Å². The van der Waals surface area contributed by atoms with Gasteiger partial charge in [0.05, 0.1) is 19.8 Å². The summed E-state index contributed by atoms with van der Waals surface area (Å²) in [6, 6.07) is 0. The molecule has 0 spiro atoms. The largest absolute Gasteiger partial charge is 0.396 e. The van der Waals surface area contributed by atoms with E-state index in [9.17, 15) is 0 Å². The van der Waals surface area contributed by atoms with Gasteiger partial charge in [-0.1, -0.05) is 13.8 Å². The average molecular weight is 220 g/mol. The van der Waals surface area contributed by atoms with Gasteiger partial charge in [-0.25, -0.2) is 0 Å². The summed E-state index contributed by atoms with van der Waals surface area (Å²) in [5.74, 6) is 0.449. The van der Waals surface area contributed by atoms with E-state index in [4.69, 9.17) is 20.1 Å². The molecule has 4 nitrogen and oxygen atoms in total. The zero-order valence-electron chi connectivity index (χ0n) is 9.78. The van der Waals surface area contributed by atoms with Crippen LogP contribution in [0, 0.1) is 11.3 Å². The van der Waals surface area contributed by atoms with Crippen molar-refractivity contribution in [1.82, 2.24) is 0 Å². The molecule has 3 N–H and O–H groups in total. The molecule has 0 rings (SSSR count). The summed E-state index contributed by atoms with van der Waals surface area (Å²) in [6.07, 6.45) is 1.69. The van der Waals surface area contributed by atoms with Crippen LogP contribution in [0.4, 0.5) is 0 Å². The van der Waals surface area contributed by atoms with Gasteiger partial charge in [-0.05, 0) is 18.8 Å². The first kappa shape index (κ1) is 14.8. The minimum Gasteiger partial charge on any atom is -0.396 e. The monoisotopic (exact) mass is 220 g/mol. The molecule has 0 radical (unpaired) electrons. The molecule has 92 valence electrons. The highest BCUT2D eigenvalue weighted by molar-refractivity contribution is 4.71. The highest BCUT2D eigenvalue weighted by Gasteiger charge is 2.22. The minimum atomic E-state index is -0.541. The molecule has 0 aromatic rings. The Bertz CT molecular complexity index is 146. The van der Waals surface area contributed by atoms with Crippen LogP contribution in [-0.2, 0) is 4.74 Å². The molecule has 0 aliphatic carbocycles. The lowest BCUT2D eigenvalue weighted by molar-refractivity contribution is -0.0191. The van der Waals surface area contributed by atoms with Crippen molar-refractivity contribution < 1.29 is 20.1 Å². The second kappa shape index (κ2) is 8.05. The fourth-order valence-electron chi connectivity index (χ4n) is 1.11. The topological polar surface area (TPSA) is 69.9 Å². The Kier molecular flexibility index (Phi) is 7.96. The molecule has 0 aromatic carbocycles. The molecular formula is C11H24O4. The molecule has 15 heavy (non-hydrogen) atoms. The van der Waals surface area contributed by atoms with E-state index < -0.39 is 5.41 Å². The Balaban J connectivity index is 3.52. The number of hydrogen-bond donors (Lipinski definition) is 3. The molecule has 0 bridgehead atoms. The van der Waals surface area contributed by atoms with Crippen molar-refractivity contribution in [1.29, 1.82) is 0 Å². The summed E-state index contributed by atoms with van der Waals surface area (Å²) in [4.78, 5) is 0. The van der Waals surface area contributed by atoms with Gasteiger partial charge in [0.25, 0.3) is 0 Å². The number of hydrogen-bond acceptors (Lipinski definition) is 4. The van der Waals surface area contributed by atoms with Gasteiger partial charge in [0, 0.05) is 18.6 Å². The molecule has 0 saturated carbocycles. The summed E-state index contributed by atoms with van der Waals surface area (Å²) in [7, 11) is 0. The van der Waals surface area contributed by atoms with Crippen LogP contribution in [0.3, 0.4) is 0 Å². The van der Waals surface area contributed by atoms with Crippen molar-refractivity contribution in [3.05, 3.63) is 0 Å². The van der Waals surface area contributed by atoms with Crippen LogP contribution in [0.1, 0.15) is 26.7 Å². The highest BCUT2D eigenvalue weighted by atomic mass is 16.5. The van der Waals surface area contributed by atoms with E-state index in [0.29, 0.717) is 19.1 Å². The summed E-state index contributed by atoms with van der Waals surface area (Å²) < 4.78 is 5.40. The van der Waals surface area contributed by atoms with E-state index in [1.54, 1.807) is 6.92 Å². The van der Waals surface area contributed by atoms with Crippen LogP contribution in [0.2, 0.25) is 0 Å². The van der Waals surface area contributed by atoms with E-state index in [0.717, 1.165) is 12.8 Å². The van der Waals surface area contributed by atoms with Crippen LogP contribution in [0.25, 0.3) is 0 Å². The van der Waals surface area contributed by atoms with Crippen molar-refractivity contribution in [3.8, 4) is 0 Å². The number of aliphatic hydroxyl groups excluding tert-OH is 3. The highest BCUT2D eigenvalue weighted by Crippen LogP contribution is 2.15. The third-order valence-electron chi connectivity index (χ3n) is 2.59. The van der Waals surface area contributed by atoms with Crippen LogP contribution < -0.4 is 0 Å². The average Bonchev–Trinajstić information content (AvgIpc) is 2.24. The zero-order chi connectivity index (χ0) is 11.7. The summed E-state index contributed by atoms with van der Waals surface area (Å²) in [5.41, 5.74) is -0.541. The van der Waals surface area contributed by atoms with Crippen LogP contribution in [0.5, 0.6) is 0 Å². The fraction of sp³-hybridized carbons (Fsp3) is 1.00. The Morgan fingerprint density at radius 1 is 1.13 bits per heavy atom. The van der Waals surface area contributed by atoms with Crippen LogP contribution in [0.15, 0.2) is 0 Å². The number of rotatable bonds is 9. The maximum absolute atomic E-state index is 9.00. The Morgan fingerprint density at radius 2 is 1.73 bits per heavy atom. The Labute approximate surface area is 91.9 Å². The Hall–Kier alpha value is -0.160. The smallest absolute Gasteiger partial charge is 0.0563 e. The molecule has 0 amide bonds. The minimum absolute atomic E-state index is 0.0737. The van der Waals surface area contributed by atoms with Crippen molar-refractivity contribution in [3.63, 3.8) is 0 Å². The van der Waals surface area contributed by atoms with Gasteiger partial charge < -0.3 is 20.1 Å². The van der Waals surface area contributed by atoms with Crippen molar-refractivity contribution in [2.24, 2.45) is 11.3 Å². The second-order valence-corrected chi connectivity index (χ2v) is 4.59. The van der Waals surface area contributed by atoms with Gasteiger partial charge >= 0.3 is 0 Å². The lowest BCUT2D eigenvalue weighted by Gasteiger charge is -2.24. The van der Waals surface area contributed by atoms with E-state index in [-0.39, 0.29) is 19.8 Å². The predicted molar refractivity (Wildman–Crippen MR) is 58.6 cm³/mol. The number of aliphatic hydroxyl groups is 3. The summed E-state index contributed by atoms with van der Waals surface area (Å²) in [6.45, 7) is 4.89. The van der Waals surface area contributed by atoms with Gasteiger partial charge in [0.15, 0.2) is 0 Å². The van der Waals surface area contributed by atoms with Crippen LogP contribution in [-0.4, -0.2) is 48.4 Å². The molecular weight excluding hydrogens is 196 g/mol. The molecule has 0 fully saturated rings. The first-order valence-electron chi connectivity index (χ1n) is 5.48. The lowest BCUT2D eigenvalue weighted by atomic mass is 9.94. The van der Waals surface area contributed by atoms with Gasteiger partial charge in [-0.2, -0.15) is 0 Å². The maximum Gasteiger partial charge on any atom is 0.0563 e. The van der Waals surface area contributed by atoms with Gasteiger partial charge in [0.2, 0.25) is 0 Å². The standard InChI is InChI=1S/C11H24O4/c1-10(3-5-12)4-6-15-9-11(2,7-13)8-14/h10,12-14H,3-9H2,1-2H3. The third kappa shape index (κ3) is 6.84. The normalized spacial score (nSPS) is 14.2. The van der Waals surface area contributed by atoms with Crippen LogP contribution >= 0.6 is 0 Å². The molecule has 0 aromatic heterocycles. The van der Waals surface area contributed by atoms with Gasteiger partial charge in [-0.3, -0.25) is 0 Å². The lowest BCUT2D eigenvalue weighted by Crippen LogP contribution is -2.31. The van der Waals surface area contributed by atoms with E-state index in [1.807, 2.05) is 0 Å². The third-order valence-corrected chi connectivity index (χ3v) is 2.59. The maximum atomic E-state index is 9.00. The fourth-order valence-corrected chi connectivity index (χ4v) is 1.11. The molecule has 1 unspecified atom stereocenters. The molecule has 0 aliphatic rings. The molecule has 0 saturated heterocycles. The summed E-state index contributed by atoms with van der Waals surface area (Å²) >= 11 is 0. The SMILES string of the molecule is CC(CCO)CCOCC(C)(CO)CO. The van der Waals surface area contributed by atoms with E-state index in [2.05, 4.69) is 6.92 Å². The molecule has 0 aliphatic heterocycles. The first-order valence-corrected chi connectivity index (χ1v) is 5.48. The quantitative estimate of drug-likeness (QED) is 0.492. The van der Waals surface area contributed by atoms with Gasteiger partial charge in [-0.15, -0.1) is 0 Å². The van der Waals surface area contributed by atoms with Crippen molar-refractivity contribution >= 4 is 0 Å². The summed E-state index contributed by atoms with van der Waals surface area (Å²) in [5, 5.41) is 26.7. The van der Waals surface area contributed by atoms with Crippen molar-refractivity contribution in [2.75, 3.05) is 33.0 Å². The number of ether oxygens (including phenoxy) is 1. The molecule has 1 atom stereocenters. The first-order chi connectivity index (χ1) is 7.08. The second-order valence-electron chi connectivity index (χ2n) is 4.59. The molecule has 0 heterocycles. The van der Waals surface area contributed by atoms with Gasteiger partial charge in [0.1, 0.15) is 0 Å². The zero-order valence-corrected chi connectivity index (χ0v) is 9.78. The molecule has 4 heteroatoms. The Morgan fingerprint density at radius 3 is 2.20 bits per heavy atom.